The maximum atomic E-state index is 12.8. The maximum absolute atomic E-state index is 12.8. The quantitative estimate of drug-likeness (QED) is 0.501. The highest BCUT2D eigenvalue weighted by Gasteiger charge is 2.09. The predicted molar refractivity (Wildman–Crippen MR) is 41.3 cm³/mol. The van der Waals surface area contributed by atoms with E-state index in [1.54, 1.807) is 6.92 Å². The number of nitro groups is 1. The summed E-state index contributed by atoms with van der Waals surface area (Å²) in [5.74, 6) is -0.442. The van der Waals surface area contributed by atoms with E-state index in [1.165, 1.54) is 0 Å². The molecule has 0 aromatic heterocycles. The number of aryl methyl sites for hydroxylation is 1. The number of benzene rings is 1. The highest BCUT2D eigenvalue weighted by Crippen LogP contribution is 2.15. The Bertz CT molecular complexity index is 312. The number of rotatable bonds is 2. The number of hydrogen-bond acceptors (Lipinski definition) is 2. The highest BCUT2D eigenvalue weighted by molar-refractivity contribution is 5.33. The summed E-state index contributed by atoms with van der Waals surface area (Å²) < 4.78 is 12.8. The lowest BCUT2D eigenvalue weighted by Gasteiger charge is -1.96. The molecule has 0 aliphatic carbocycles. The van der Waals surface area contributed by atoms with Gasteiger partial charge in [-0.3, -0.25) is 10.1 Å². The topological polar surface area (TPSA) is 43.1 Å². The van der Waals surface area contributed by atoms with Gasteiger partial charge in [0.1, 0.15) is 5.82 Å². The van der Waals surface area contributed by atoms with E-state index in [2.05, 4.69) is 6.07 Å². The third kappa shape index (κ3) is 1.58. The van der Waals surface area contributed by atoms with Crippen molar-refractivity contribution in [2.45, 2.75) is 13.3 Å². The first-order valence-electron chi connectivity index (χ1n) is 3.50. The van der Waals surface area contributed by atoms with Crippen molar-refractivity contribution < 1.29 is 9.31 Å². The van der Waals surface area contributed by atoms with Gasteiger partial charge in [-0.2, -0.15) is 0 Å². The van der Waals surface area contributed by atoms with E-state index in [9.17, 15) is 14.5 Å². The molecule has 0 atom stereocenters. The van der Waals surface area contributed by atoms with Crippen LogP contribution in [0.1, 0.15) is 12.5 Å². The van der Waals surface area contributed by atoms with Crippen LogP contribution >= 0.6 is 0 Å². The number of hydrogen-bond donors (Lipinski definition) is 0. The van der Waals surface area contributed by atoms with E-state index in [4.69, 9.17) is 0 Å². The number of non-ortho nitro benzene ring substituents is 1. The highest BCUT2D eigenvalue weighted by atomic mass is 19.1. The molecule has 0 unspecified atom stereocenters. The summed E-state index contributed by atoms with van der Waals surface area (Å²) in [6, 6.07) is 4.58. The Balaban J connectivity index is 3.13. The summed E-state index contributed by atoms with van der Waals surface area (Å²) >= 11 is 0. The monoisotopic (exact) mass is 168 g/mol. The minimum atomic E-state index is -0.585. The molecule has 0 saturated heterocycles. The van der Waals surface area contributed by atoms with Gasteiger partial charge in [-0.1, -0.05) is 6.92 Å². The molecule has 0 bridgehead atoms. The van der Waals surface area contributed by atoms with Crippen molar-refractivity contribution >= 4 is 5.69 Å². The Kier molecular flexibility index (Phi) is 2.38. The van der Waals surface area contributed by atoms with Crippen molar-refractivity contribution in [3.8, 4) is 0 Å². The van der Waals surface area contributed by atoms with Gasteiger partial charge in [0.05, 0.1) is 11.0 Å². The molecule has 1 aromatic rings. The Labute approximate surface area is 69.0 Å². The van der Waals surface area contributed by atoms with Crippen molar-refractivity contribution in [2.75, 3.05) is 0 Å². The largest absolute Gasteiger partial charge is 0.277 e. The summed E-state index contributed by atoms with van der Waals surface area (Å²) in [4.78, 5) is 9.65. The van der Waals surface area contributed by atoms with Crippen molar-refractivity contribution in [3.05, 3.63) is 39.7 Å². The molecule has 0 aliphatic heterocycles. The summed E-state index contributed by atoms with van der Waals surface area (Å²) in [6.45, 7) is 1.72. The fourth-order valence-corrected chi connectivity index (χ4v) is 0.872. The normalized spacial score (nSPS) is 9.83. The van der Waals surface area contributed by atoms with Crippen molar-refractivity contribution in [1.82, 2.24) is 0 Å². The molecule has 0 spiro atoms. The Morgan fingerprint density at radius 1 is 1.67 bits per heavy atom. The van der Waals surface area contributed by atoms with Gasteiger partial charge in [-0.05, 0) is 12.5 Å². The Morgan fingerprint density at radius 3 is 2.83 bits per heavy atom. The van der Waals surface area contributed by atoms with Gasteiger partial charge in [-0.25, -0.2) is 4.39 Å². The van der Waals surface area contributed by atoms with Crippen LogP contribution in [0.4, 0.5) is 10.1 Å². The van der Waals surface area contributed by atoms with Gasteiger partial charge in [0.25, 0.3) is 5.69 Å². The van der Waals surface area contributed by atoms with Gasteiger partial charge in [0.15, 0.2) is 0 Å². The van der Waals surface area contributed by atoms with Crippen LogP contribution in [0, 0.1) is 22.0 Å². The first-order valence-corrected chi connectivity index (χ1v) is 3.50. The lowest BCUT2D eigenvalue weighted by molar-refractivity contribution is -0.385. The number of nitrogens with zero attached hydrogens (tertiary/aromatic N) is 1. The average molecular weight is 168 g/mol. The zero-order chi connectivity index (χ0) is 9.14. The molecular weight excluding hydrogens is 161 g/mol. The molecule has 63 valence electrons. The third-order valence-corrected chi connectivity index (χ3v) is 1.51. The predicted octanol–water partition coefficient (Wildman–Crippen LogP) is 2.10. The number of nitro benzene ring substituents is 1. The summed E-state index contributed by atoms with van der Waals surface area (Å²) in [5.41, 5.74) is 0.0671. The van der Waals surface area contributed by atoms with Crippen LogP contribution in [0.2, 0.25) is 0 Å². The van der Waals surface area contributed by atoms with Crippen LogP contribution in [0.25, 0.3) is 0 Å². The van der Waals surface area contributed by atoms with Gasteiger partial charge in [0, 0.05) is 11.6 Å². The van der Waals surface area contributed by atoms with E-state index in [0.717, 1.165) is 12.1 Å². The van der Waals surface area contributed by atoms with Crippen LogP contribution < -0.4 is 0 Å². The third-order valence-electron chi connectivity index (χ3n) is 1.51. The van der Waals surface area contributed by atoms with Gasteiger partial charge in [-0.15, -0.1) is 0 Å². The number of halogens is 1. The molecule has 4 heteroatoms. The lowest BCUT2D eigenvalue weighted by Crippen LogP contribution is -1.93. The lowest BCUT2D eigenvalue weighted by atomic mass is 10.1. The molecule has 1 aromatic carbocycles. The van der Waals surface area contributed by atoms with Gasteiger partial charge in [0.2, 0.25) is 0 Å². The molecule has 0 fully saturated rings. The smallest absolute Gasteiger partial charge is 0.258 e. The SMILES string of the molecule is CCc1[c]c([N+](=O)[O-])ccc1F. The molecule has 1 radical (unpaired) electrons. The Hall–Kier alpha value is -1.45. The van der Waals surface area contributed by atoms with Crippen LogP contribution in [0.3, 0.4) is 0 Å². The summed E-state index contributed by atoms with van der Waals surface area (Å²) in [5, 5.41) is 10.2. The zero-order valence-electron chi connectivity index (χ0n) is 6.50. The molecule has 3 nitrogen and oxygen atoms in total. The van der Waals surface area contributed by atoms with Crippen LogP contribution in [-0.4, -0.2) is 4.92 Å². The Morgan fingerprint density at radius 2 is 2.33 bits per heavy atom. The van der Waals surface area contributed by atoms with Crippen LogP contribution in [-0.2, 0) is 6.42 Å². The van der Waals surface area contributed by atoms with E-state index < -0.39 is 10.7 Å². The molecule has 0 heterocycles. The van der Waals surface area contributed by atoms with E-state index in [-0.39, 0.29) is 11.3 Å². The van der Waals surface area contributed by atoms with E-state index in [0.29, 0.717) is 6.42 Å². The average Bonchev–Trinajstić information content (AvgIpc) is 2.05. The molecule has 12 heavy (non-hydrogen) atoms. The van der Waals surface area contributed by atoms with Crippen LogP contribution in [0.5, 0.6) is 0 Å². The molecule has 0 N–H and O–H groups in total. The second-order valence-corrected chi connectivity index (χ2v) is 2.28. The zero-order valence-corrected chi connectivity index (χ0v) is 6.50. The second kappa shape index (κ2) is 3.30. The second-order valence-electron chi connectivity index (χ2n) is 2.28. The minimum Gasteiger partial charge on any atom is -0.258 e. The molecular formula is C8H7FNO2. The molecule has 0 saturated carbocycles. The summed E-state index contributed by atoms with van der Waals surface area (Å²) in [6.07, 6.45) is 0.410. The van der Waals surface area contributed by atoms with Crippen molar-refractivity contribution in [2.24, 2.45) is 0 Å². The van der Waals surface area contributed by atoms with Crippen LogP contribution in [0.15, 0.2) is 12.1 Å². The fraction of sp³-hybridized carbons (Fsp3) is 0.250. The standard InChI is InChI=1S/C8H7FNO2/c1-2-6-5-7(10(11)12)3-4-8(6)9/h3-4H,2H2,1H3. The first-order chi connectivity index (χ1) is 5.65. The van der Waals surface area contributed by atoms with E-state index in [1.807, 2.05) is 0 Å². The van der Waals surface area contributed by atoms with Crippen molar-refractivity contribution in [1.29, 1.82) is 0 Å². The molecule has 0 amide bonds. The van der Waals surface area contributed by atoms with Crippen molar-refractivity contribution in [3.63, 3.8) is 0 Å². The maximum Gasteiger partial charge on any atom is 0.277 e. The first kappa shape index (κ1) is 8.64. The van der Waals surface area contributed by atoms with Gasteiger partial charge >= 0.3 is 0 Å². The molecule has 0 aliphatic rings. The summed E-state index contributed by atoms with van der Waals surface area (Å²) in [7, 11) is 0. The molecule has 1 rings (SSSR count). The van der Waals surface area contributed by atoms with E-state index >= 15 is 0 Å². The fourth-order valence-electron chi connectivity index (χ4n) is 0.872. The van der Waals surface area contributed by atoms with Gasteiger partial charge < -0.3 is 0 Å². The minimum absolute atomic E-state index is 0.187.